The molecule has 4 heteroatoms. The summed E-state index contributed by atoms with van der Waals surface area (Å²) in [4.78, 5) is 10.8. The minimum absolute atomic E-state index is 0.0693. The first kappa shape index (κ1) is 12.3. The van der Waals surface area contributed by atoms with Crippen LogP contribution >= 0.6 is 0 Å². The van der Waals surface area contributed by atoms with Gasteiger partial charge in [0, 0.05) is 5.39 Å². The molecule has 100 valence electrons. The molecule has 0 aliphatic heterocycles. The predicted molar refractivity (Wildman–Crippen MR) is 73.9 cm³/mol. The summed E-state index contributed by atoms with van der Waals surface area (Å²) in [5.74, 6) is -0.466. The lowest BCUT2D eigenvalue weighted by atomic mass is 10.2. The molecule has 0 saturated heterocycles. The number of ether oxygens (including phenoxy) is 1. The van der Waals surface area contributed by atoms with Crippen LogP contribution in [0.2, 0.25) is 0 Å². The van der Waals surface area contributed by atoms with Crippen molar-refractivity contribution in [2.24, 2.45) is 0 Å². The number of rotatable bonds is 4. The molecule has 0 fully saturated rings. The van der Waals surface area contributed by atoms with Crippen molar-refractivity contribution in [3.05, 3.63) is 65.9 Å². The van der Waals surface area contributed by atoms with Crippen molar-refractivity contribution < 1.29 is 19.1 Å². The Labute approximate surface area is 115 Å². The lowest BCUT2D eigenvalue weighted by molar-refractivity contribution is 0.0665. The van der Waals surface area contributed by atoms with E-state index in [1.54, 1.807) is 18.2 Å². The van der Waals surface area contributed by atoms with Crippen LogP contribution in [-0.2, 0) is 6.61 Å². The Morgan fingerprint density at radius 2 is 1.90 bits per heavy atom. The molecule has 2 aromatic carbocycles. The zero-order valence-corrected chi connectivity index (χ0v) is 10.6. The molecule has 0 spiro atoms. The predicted octanol–water partition coefficient (Wildman–Crippen LogP) is 3.71. The number of hydrogen-bond donors (Lipinski definition) is 1. The second-order valence-electron chi connectivity index (χ2n) is 4.39. The van der Waals surface area contributed by atoms with Crippen LogP contribution in [0.25, 0.3) is 11.0 Å². The molecule has 3 aromatic rings. The largest absolute Gasteiger partial charge is 0.489 e. The van der Waals surface area contributed by atoms with Gasteiger partial charge in [-0.2, -0.15) is 0 Å². The Morgan fingerprint density at radius 1 is 1.10 bits per heavy atom. The summed E-state index contributed by atoms with van der Waals surface area (Å²) in [7, 11) is 0. The van der Waals surface area contributed by atoms with Crippen LogP contribution in [0.5, 0.6) is 5.75 Å². The smallest absolute Gasteiger partial charge is 0.371 e. The molecule has 0 aliphatic rings. The molecule has 0 bridgehead atoms. The molecule has 0 unspecified atom stereocenters. The molecule has 20 heavy (non-hydrogen) atoms. The third kappa shape index (κ3) is 2.49. The van der Waals surface area contributed by atoms with E-state index >= 15 is 0 Å². The lowest BCUT2D eigenvalue weighted by Gasteiger charge is -2.05. The Morgan fingerprint density at radius 3 is 2.65 bits per heavy atom. The van der Waals surface area contributed by atoms with Crippen LogP contribution in [0.3, 0.4) is 0 Å². The highest BCUT2D eigenvalue weighted by atomic mass is 16.5. The second kappa shape index (κ2) is 5.09. The highest BCUT2D eigenvalue weighted by Gasteiger charge is 2.10. The van der Waals surface area contributed by atoms with Gasteiger partial charge in [-0.3, -0.25) is 0 Å². The molecule has 0 saturated carbocycles. The molecular weight excluding hydrogens is 256 g/mol. The van der Waals surface area contributed by atoms with Gasteiger partial charge in [-0.15, -0.1) is 0 Å². The van der Waals surface area contributed by atoms with Gasteiger partial charge >= 0.3 is 5.97 Å². The number of benzene rings is 2. The van der Waals surface area contributed by atoms with Crippen LogP contribution in [0.1, 0.15) is 16.1 Å². The Kier molecular flexibility index (Phi) is 3.13. The molecule has 1 heterocycles. The summed E-state index contributed by atoms with van der Waals surface area (Å²) in [6.07, 6.45) is 0. The fourth-order valence-electron chi connectivity index (χ4n) is 1.96. The third-order valence-electron chi connectivity index (χ3n) is 2.95. The van der Waals surface area contributed by atoms with E-state index in [0.29, 0.717) is 23.3 Å². The van der Waals surface area contributed by atoms with Crippen LogP contribution in [0.4, 0.5) is 0 Å². The van der Waals surface area contributed by atoms with Gasteiger partial charge in [0.15, 0.2) is 0 Å². The zero-order valence-electron chi connectivity index (χ0n) is 10.6. The molecule has 1 aromatic heterocycles. The van der Waals surface area contributed by atoms with Gasteiger partial charge in [0.05, 0.1) is 0 Å². The summed E-state index contributed by atoms with van der Waals surface area (Å²) < 4.78 is 10.9. The van der Waals surface area contributed by atoms with Crippen molar-refractivity contribution >= 4 is 16.9 Å². The summed E-state index contributed by atoms with van der Waals surface area (Å²) in [6, 6.07) is 16.6. The maximum absolute atomic E-state index is 10.8. The zero-order chi connectivity index (χ0) is 13.9. The molecule has 0 radical (unpaired) electrons. The number of carboxylic acids is 1. The Hall–Kier alpha value is -2.75. The van der Waals surface area contributed by atoms with Crippen LogP contribution in [0, 0.1) is 0 Å². The van der Waals surface area contributed by atoms with Gasteiger partial charge in [-0.1, -0.05) is 30.3 Å². The first-order chi connectivity index (χ1) is 9.72. The van der Waals surface area contributed by atoms with Gasteiger partial charge in [-0.05, 0) is 29.8 Å². The van der Waals surface area contributed by atoms with Crippen molar-refractivity contribution in [2.45, 2.75) is 6.61 Å². The maximum atomic E-state index is 10.8. The van der Waals surface area contributed by atoms with E-state index in [-0.39, 0.29) is 5.76 Å². The molecule has 0 aliphatic carbocycles. The number of furan rings is 1. The van der Waals surface area contributed by atoms with Gasteiger partial charge < -0.3 is 14.3 Å². The minimum Gasteiger partial charge on any atom is -0.489 e. The average molecular weight is 268 g/mol. The van der Waals surface area contributed by atoms with Gasteiger partial charge in [-0.25, -0.2) is 4.79 Å². The molecule has 4 nitrogen and oxygen atoms in total. The van der Waals surface area contributed by atoms with E-state index in [9.17, 15) is 4.79 Å². The minimum atomic E-state index is -1.08. The standard InChI is InChI=1S/C16H12O4/c17-16(18)15-9-12-8-13(6-7-14(12)20-15)19-10-11-4-2-1-3-5-11/h1-9H,10H2,(H,17,18). The van der Waals surface area contributed by atoms with Crippen LogP contribution < -0.4 is 4.74 Å². The first-order valence-electron chi connectivity index (χ1n) is 6.16. The lowest BCUT2D eigenvalue weighted by Crippen LogP contribution is -1.94. The number of fused-ring (bicyclic) bond motifs is 1. The maximum Gasteiger partial charge on any atom is 0.371 e. The molecule has 3 rings (SSSR count). The SMILES string of the molecule is O=C(O)c1cc2cc(OCc3ccccc3)ccc2o1. The number of aromatic carboxylic acids is 1. The number of carbonyl (C=O) groups is 1. The van der Waals surface area contributed by atoms with Crippen LogP contribution in [0.15, 0.2) is 59.0 Å². The highest BCUT2D eigenvalue weighted by molar-refractivity contribution is 5.91. The highest BCUT2D eigenvalue weighted by Crippen LogP contribution is 2.24. The fraction of sp³-hybridized carbons (Fsp3) is 0.0625. The van der Waals surface area contributed by atoms with Gasteiger partial charge in [0.25, 0.3) is 0 Å². The number of hydrogen-bond acceptors (Lipinski definition) is 3. The van der Waals surface area contributed by atoms with E-state index < -0.39 is 5.97 Å². The fourth-order valence-corrected chi connectivity index (χ4v) is 1.96. The third-order valence-corrected chi connectivity index (χ3v) is 2.95. The van der Waals surface area contributed by atoms with E-state index in [1.807, 2.05) is 30.3 Å². The summed E-state index contributed by atoms with van der Waals surface area (Å²) in [5.41, 5.74) is 1.61. The average Bonchev–Trinajstić information content (AvgIpc) is 2.89. The van der Waals surface area contributed by atoms with Crippen LogP contribution in [-0.4, -0.2) is 11.1 Å². The molecule has 0 atom stereocenters. The van der Waals surface area contributed by atoms with Crippen molar-refractivity contribution in [3.63, 3.8) is 0 Å². The quantitative estimate of drug-likeness (QED) is 0.783. The first-order valence-corrected chi connectivity index (χ1v) is 6.16. The summed E-state index contributed by atoms with van der Waals surface area (Å²) >= 11 is 0. The normalized spacial score (nSPS) is 10.6. The van der Waals surface area contributed by atoms with Gasteiger partial charge in [0.2, 0.25) is 5.76 Å². The summed E-state index contributed by atoms with van der Waals surface area (Å²) in [5, 5.41) is 9.60. The monoisotopic (exact) mass is 268 g/mol. The molecular formula is C16H12O4. The molecule has 0 amide bonds. The van der Waals surface area contributed by atoms with Crippen molar-refractivity contribution in [2.75, 3.05) is 0 Å². The second-order valence-corrected chi connectivity index (χ2v) is 4.39. The van der Waals surface area contributed by atoms with E-state index in [2.05, 4.69) is 0 Å². The Bertz CT molecular complexity index is 744. The van der Waals surface area contributed by atoms with E-state index in [0.717, 1.165) is 5.56 Å². The van der Waals surface area contributed by atoms with E-state index in [4.69, 9.17) is 14.3 Å². The molecule has 1 N–H and O–H groups in total. The Balaban J connectivity index is 1.80. The number of carboxylic acid groups (broad SMARTS) is 1. The van der Waals surface area contributed by atoms with Gasteiger partial charge in [0.1, 0.15) is 17.9 Å². The van der Waals surface area contributed by atoms with Crippen molar-refractivity contribution in [3.8, 4) is 5.75 Å². The summed E-state index contributed by atoms with van der Waals surface area (Å²) in [6.45, 7) is 0.468. The van der Waals surface area contributed by atoms with Crippen molar-refractivity contribution in [1.82, 2.24) is 0 Å². The topological polar surface area (TPSA) is 59.7 Å². The van der Waals surface area contributed by atoms with E-state index in [1.165, 1.54) is 6.07 Å². The van der Waals surface area contributed by atoms with Crippen molar-refractivity contribution in [1.29, 1.82) is 0 Å².